The lowest BCUT2D eigenvalue weighted by Gasteiger charge is -2.35. The van der Waals surface area contributed by atoms with Crippen molar-refractivity contribution in [2.45, 2.75) is 43.6 Å². The first-order valence-corrected chi connectivity index (χ1v) is 11.8. The van der Waals surface area contributed by atoms with E-state index in [4.69, 9.17) is 14.5 Å². The van der Waals surface area contributed by atoms with E-state index in [1.54, 1.807) is 7.11 Å². The first-order chi connectivity index (χ1) is 16.7. The van der Waals surface area contributed by atoms with E-state index in [0.717, 1.165) is 36.8 Å². The van der Waals surface area contributed by atoms with E-state index in [-0.39, 0.29) is 11.5 Å². The number of benzene rings is 2. The Balaban J connectivity index is 1.32. The molecular weight excluding hydrogens is 428 g/mol. The predicted molar refractivity (Wildman–Crippen MR) is 130 cm³/mol. The number of aliphatic hydroxyl groups is 1. The van der Waals surface area contributed by atoms with Gasteiger partial charge in [0.25, 0.3) is 0 Å². The summed E-state index contributed by atoms with van der Waals surface area (Å²) in [7, 11) is 1.68. The summed E-state index contributed by atoms with van der Waals surface area (Å²) in [6.45, 7) is 2.20. The average Bonchev–Trinajstić information content (AvgIpc) is 3.10. The second-order valence-electron chi connectivity index (χ2n) is 9.19. The molecule has 2 aliphatic heterocycles. The number of nitrogens with zero attached hydrogens (tertiary/aromatic N) is 3. The highest BCUT2D eigenvalue weighted by molar-refractivity contribution is 5.62. The molecule has 3 aliphatic rings. The van der Waals surface area contributed by atoms with Gasteiger partial charge in [0.05, 0.1) is 18.6 Å². The molecule has 0 bridgehead atoms. The topological polar surface area (TPSA) is 79.7 Å². The van der Waals surface area contributed by atoms with E-state index in [1.807, 2.05) is 42.6 Å². The Morgan fingerprint density at radius 1 is 1.21 bits per heavy atom. The molecule has 7 nitrogen and oxygen atoms in total. The Morgan fingerprint density at radius 3 is 2.94 bits per heavy atom. The van der Waals surface area contributed by atoms with Crippen molar-refractivity contribution in [2.75, 3.05) is 23.9 Å². The third-order valence-corrected chi connectivity index (χ3v) is 7.21. The minimum Gasteiger partial charge on any atom is -0.493 e. The van der Waals surface area contributed by atoms with E-state index < -0.39 is 6.10 Å². The molecule has 1 aliphatic carbocycles. The highest BCUT2D eigenvalue weighted by Crippen LogP contribution is 2.55. The molecule has 7 heteroatoms. The van der Waals surface area contributed by atoms with Gasteiger partial charge in [0.15, 0.2) is 11.5 Å². The molecule has 3 aromatic rings. The summed E-state index contributed by atoms with van der Waals surface area (Å²) in [5.74, 6) is 3.07. The maximum atomic E-state index is 10.3. The van der Waals surface area contributed by atoms with E-state index in [0.29, 0.717) is 18.9 Å². The Labute approximate surface area is 199 Å². The zero-order valence-corrected chi connectivity index (χ0v) is 19.1. The summed E-state index contributed by atoms with van der Waals surface area (Å²) < 4.78 is 12.1. The van der Waals surface area contributed by atoms with Crippen LogP contribution in [0.3, 0.4) is 0 Å². The summed E-state index contributed by atoms with van der Waals surface area (Å²) in [5.41, 5.74) is 3.31. The van der Waals surface area contributed by atoms with Crippen molar-refractivity contribution < 1.29 is 14.6 Å². The number of hydrogen-bond donors (Lipinski definition) is 2. The van der Waals surface area contributed by atoms with Gasteiger partial charge in [-0.2, -0.15) is 4.98 Å². The zero-order valence-electron chi connectivity index (χ0n) is 19.1. The maximum Gasteiger partial charge on any atom is 0.224 e. The maximum absolute atomic E-state index is 10.3. The van der Waals surface area contributed by atoms with Crippen molar-refractivity contribution in [3.8, 4) is 11.5 Å². The number of ether oxygens (including phenoxy) is 2. The fourth-order valence-electron chi connectivity index (χ4n) is 5.52. The van der Waals surface area contributed by atoms with Gasteiger partial charge < -0.3 is 24.8 Å². The molecule has 0 saturated carbocycles. The number of aromatic nitrogens is 2. The van der Waals surface area contributed by atoms with Crippen LogP contribution in [0.2, 0.25) is 0 Å². The molecule has 0 amide bonds. The van der Waals surface area contributed by atoms with Crippen LogP contribution in [0.25, 0.3) is 0 Å². The fraction of sp³-hybridized carbons (Fsp3) is 0.333. The lowest BCUT2D eigenvalue weighted by Crippen LogP contribution is -2.43. The summed E-state index contributed by atoms with van der Waals surface area (Å²) in [5, 5.41) is 13.6. The van der Waals surface area contributed by atoms with Crippen LogP contribution >= 0.6 is 0 Å². The summed E-state index contributed by atoms with van der Waals surface area (Å²) in [6.07, 6.45) is 6.75. The third kappa shape index (κ3) is 3.47. The second kappa shape index (κ2) is 8.33. The van der Waals surface area contributed by atoms with E-state index >= 15 is 0 Å². The Hall–Kier alpha value is -3.58. The number of aliphatic hydroxyl groups excluding tert-OH is 1. The monoisotopic (exact) mass is 456 g/mol. The van der Waals surface area contributed by atoms with Gasteiger partial charge in [0.1, 0.15) is 11.9 Å². The van der Waals surface area contributed by atoms with Crippen LogP contribution in [0.1, 0.15) is 29.5 Å². The first-order valence-electron chi connectivity index (χ1n) is 11.8. The van der Waals surface area contributed by atoms with Gasteiger partial charge in [-0.05, 0) is 29.7 Å². The molecular formula is C27H28N4O3. The predicted octanol–water partition coefficient (Wildman–Crippen LogP) is 3.83. The normalized spacial score (nSPS) is 24.6. The molecule has 2 aromatic carbocycles. The number of anilines is 2. The van der Waals surface area contributed by atoms with Crippen molar-refractivity contribution in [3.63, 3.8) is 0 Å². The van der Waals surface area contributed by atoms with Crippen molar-refractivity contribution in [1.82, 2.24) is 9.97 Å². The minimum absolute atomic E-state index is 0.106. The quantitative estimate of drug-likeness (QED) is 0.565. The van der Waals surface area contributed by atoms with Gasteiger partial charge in [-0.1, -0.05) is 48.6 Å². The van der Waals surface area contributed by atoms with Crippen LogP contribution in [0.4, 0.5) is 11.8 Å². The Bertz CT molecular complexity index is 1230. The van der Waals surface area contributed by atoms with Crippen LogP contribution in [-0.2, 0) is 18.5 Å². The van der Waals surface area contributed by atoms with Crippen molar-refractivity contribution >= 4 is 11.8 Å². The molecule has 6 rings (SSSR count). The molecule has 0 fully saturated rings. The lowest BCUT2D eigenvalue weighted by atomic mass is 9.69. The average molecular weight is 457 g/mol. The van der Waals surface area contributed by atoms with Gasteiger partial charge in [-0.3, -0.25) is 0 Å². The van der Waals surface area contributed by atoms with Crippen LogP contribution in [-0.4, -0.2) is 40.9 Å². The Morgan fingerprint density at radius 2 is 2.09 bits per heavy atom. The summed E-state index contributed by atoms with van der Waals surface area (Å²) >= 11 is 0. The van der Waals surface area contributed by atoms with Crippen LogP contribution in [0, 0.1) is 0 Å². The lowest BCUT2D eigenvalue weighted by molar-refractivity contribution is 0.0856. The Kier molecular flexibility index (Phi) is 5.14. The number of hydrogen-bond acceptors (Lipinski definition) is 7. The van der Waals surface area contributed by atoms with E-state index in [2.05, 4.69) is 39.5 Å². The van der Waals surface area contributed by atoms with Crippen LogP contribution in [0.5, 0.6) is 11.5 Å². The van der Waals surface area contributed by atoms with Crippen LogP contribution in [0.15, 0.2) is 66.9 Å². The minimum atomic E-state index is -0.487. The molecule has 2 N–H and O–H groups in total. The molecule has 174 valence electrons. The molecule has 0 radical (unpaired) electrons. The molecule has 3 heterocycles. The standard InChI is InChI=1S/C27H28N4O3/c1-33-21-8-7-19-17-31(14-12-27-11-9-20(32)15-22(27)34-25(21)24(19)27)23-10-13-28-26(30-23)29-16-18-5-3-2-4-6-18/h2-11,13,20,22,32H,12,14-17H2,1H3,(H,28,29,30)/t20-,22?,27?/m0/s1. The number of rotatable bonds is 5. The first kappa shape index (κ1) is 21.0. The summed E-state index contributed by atoms with van der Waals surface area (Å²) in [4.78, 5) is 11.6. The largest absolute Gasteiger partial charge is 0.493 e. The third-order valence-electron chi connectivity index (χ3n) is 7.21. The molecule has 2 unspecified atom stereocenters. The molecule has 0 saturated heterocycles. The van der Waals surface area contributed by atoms with Crippen molar-refractivity contribution in [1.29, 1.82) is 0 Å². The van der Waals surface area contributed by atoms with Gasteiger partial charge >= 0.3 is 0 Å². The molecule has 1 aromatic heterocycles. The van der Waals surface area contributed by atoms with Gasteiger partial charge in [0.2, 0.25) is 5.95 Å². The molecule has 1 spiro atoms. The molecule has 34 heavy (non-hydrogen) atoms. The SMILES string of the molecule is COc1ccc2c3c1OC1C[C@@H](O)C=CC31CCN(c1ccnc(NCc3ccccc3)n1)C2. The molecule has 3 atom stereocenters. The number of methoxy groups -OCH3 is 1. The van der Waals surface area contributed by atoms with E-state index in [9.17, 15) is 5.11 Å². The van der Waals surface area contributed by atoms with Crippen molar-refractivity contribution in [3.05, 3.63) is 83.6 Å². The van der Waals surface area contributed by atoms with Gasteiger partial charge in [-0.25, -0.2) is 4.98 Å². The highest BCUT2D eigenvalue weighted by Gasteiger charge is 2.52. The van der Waals surface area contributed by atoms with Crippen LogP contribution < -0.4 is 19.7 Å². The van der Waals surface area contributed by atoms with Crippen molar-refractivity contribution in [2.24, 2.45) is 0 Å². The number of nitrogens with one attached hydrogen (secondary N) is 1. The highest BCUT2D eigenvalue weighted by atomic mass is 16.5. The summed E-state index contributed by atoms with van der Waals surface area (Å²) in [6, 6.07) is 16.3. The zero-order chi connectivity index (χ0) is 23.1. The van der Waals surface area contributed by atoms with Gasteiger partial charge in [0, 0.05) is 37.8 Å². The van der Waals surface area contributed by atoms with Gasteiger partial charge in [-0.15, -0.1) is 0 Å². The smallest absolute Gasteiger partial charge is 0.224 e. The van der Waals surface area contributed by atoms with E-state index in [1.165, 1.54) is 16.7 Å². The fourth-order valence-corrected chi connectivity index (χ4v) is 5.52. The second-order valence-corrected chi connectivity index (χ2v) is 9.19.